The summed E-state index contributed by atoms with van der Waals surface area (Å²) in [4.78, 5) is 10.8. The second-order valence-corrected chi connectivity index (χ2v) is 6.53. The van der Waals surface area contributed by atoms with E-state index in [4.69, 9.17) is 11.6 Å². The summed E-state index contributed by atoms with van der Waals surface area (Å²) < 4.78 is 0. The highest BCUT2D eigenvalue weighted by molar-refractivity contribution is 6.28. The minimum atomic E-state index is -0.485. The van der Waals surface area contributed by atoms with Crippen molar-refractivity contribution >= 4 is 28.5 Å². The minimum absolute atomic E-state index is 0.228. The van der Waals surface area contributed by atoms with Gasteiger partial charge < -0.3 is 10.0 Å². The van der Waals surface area contributed by atoms with Crippen molar-refractivity contribution in [1.82, 2.24) is 20.2 Å². The molecule has 2 N–H and O–H groups in total. The van der Waals surface area contributed by atoms with Crippen LogP contribution < -0.4 is 4.90 Å². The van der Waals surface area contributed by atoms with Crippen LogP contribution in [0.3, 0.4) is 0 Å². The molecule has 4 rings (SSSR count). The number of fused-ring (bicyclic) bond motifs is 2. The molecule has 112 valence electrons. The Balaban J connectivity index is 1.68. The number of rotatable bonds is 1. The van der Waals surface area contributed by atoms with Gasteiger partial charge in [0.05, 0.1) is 17.2 Å². The Morgan fingerprint density at radius 1 is 1.33 bits per heavy atom. The average molecular weight is 308 g/mol. The SMILES string of the molecule is OC12CCCCC1CN(c1nc(Cl)nc3[nH]ncc13)CC2. The topological polar surface area (TPSA) is 77.9 Å². The first-order chi connectivity index (χ1) is 10.2. The van der Waals surface area contributed by atoms with Crippen LogP contribution in [0.15, 0.2) is 6.20 Å². The van der Waals surface area contributed by atoms with Gasteiger partial charge in [-0.2, -0.15) is 15.1 Å². The summed E-state index contributed by atoms with van der Waals surface area (Å²) in [6, 6.07) is 0. The second kappa shape index (κ2) is 4.81. The minimum Gasteiger partial charge on any atom is -0.389 e. The summed E-state index contributed by atoms with van der Waals surface area (Å²) in [5.74, 6) is 1.14. The lowest BCUT2D eigenvalue weighted by Gasteiger charge is -2.47. The molecule has 7 heteroatoms. The second-order valence-electron chi connectivity index (χ2n) is 6.19. The van der Waals surface area contributed by atoms with Gasteiger partial charge in [0.15, 0.2) is 5.65 Å². The normalized spacial score (nSPS) is 29.6. The number of piperidine rings is 1. The third-order valence-corrected chi connectivity index (χ3v) is 5.16. The van der Waals surface area contributed by atoms with Crippen LogP contribution in [-0.4, -0.2) is 44.0 Å². The lowest BCUT2D eigenvalue weighted by Crippen LogP contribution is -2.53. The van der Waals surface area contributed by atoms with Crippen LogP contribution >= 0.6 is 11.6 Å². The van der Waals surface area contributed by atoms with Crippen molar-refractivity contribution in [3.05, 3.63) is 11.5 Å². The van der Waals surface area contributed by atoms with Gasteiger partial charge >= 0.3 is 0 Å². The van der Waals surface area contributed by atoms with Gasteiger partial charge in [0.2, 0.25) is 5.28 Å². The van der Waals surface area contributed by atoms with Crippen LogP contribution in [0.1, 0.15) is 32.1 Å². The molecule has 2 unspecified atom stereocenters. The van der Waals surface area contributed by atoms with Gasteiger partial charge in [0.25, 0.3) is 0 Å². The molecule has 2 fully saturated rings. The Kier molecular flexibility index (Phi) is 3.04. The Morgan fingerprint density at radius 3 is 3.14 bits per heavy atom. The van der Waals surface area contributed by atoms with Crippen molar-refractivity contribution in [3.8, 4) is 0 Å². The van der Waals surface area contributed by atoms with E-state index in [-0.39, 0.29) is 5.28 Å². The highest BCUT2D eigenvalue weighted by atomic mass is 35.5. The van der Waals surface area contributed by atoms with Gasteiger partial charge in [-0.15, -0.1) is 0 Å². The van der Waals surface area contributed by atoms with Gasteiger partial charge in [-0.25, -0.2) is 0 Å². The van der Waals surface area contributed by atoms with Gasteiger partial charge in [-0.1, -0.05) is 12.8 Å². The van der Waals surface area contributed by atoms with Gasteiger partial charge in [0, 0.05) is 19.0 Å². The first kappa shape index (κ1) is 13.3. The molecule has 2 aliphatic rings. The molecule has 21 heavy (non-hydrogen) atoms. The molecular weight excluding hydrogens is 290 g/mol. The number of nitrogens with zero attached hydrogens (tertiary/aromatic N) is 4. The lowest BCUT2D eigenvalue weighted by atomic mass is 9.71. The van der Waals surface area contributed by atoms with E-state index in [1.807, 2.05) is 0 Å². The number of aromatic amines is 1. The van der Waals surface area contributed by atoms with Crippen molar-refractivity contribution in [2.24, 2.45) is 5.92 Å². The third kappa shape index (κ3) is 2.17. The number of nitrogens with one attached hydrogen (secondary N) is 1. The van der Waals surface area contributed by atoms with Gasteiger partial charge in [-0.3, -0.25) is 5.10 Å². The molecule has 2 aromatic heterocycles. The highest BCUT2D eigenvalue weighted by Crippen LogP contribution is 2.41. The molecule has 2 aromatic rings. The summed E-state index contributed by atoms with van der Waals surface area (Å²) in [7, 11) is 0. The van der Waals surface area contributed by atoms with E-state index in [1.165, 1.54) is 6.42 Å². The van der Waals surface area contributed by atoms with Gasteiger partial charge in [-0.05, 0) is 30.9 Å². The van der Waals surface area contributed by atoms with Gasteiger partial charge in [0.1, 0.15) is 5.82 Å². The van der Waals surface area contributed by atoms with Crippen molar-refractivity contribution in [1.29, 1.82) is 0 Å². The largest absolute Gasteiger partial charge is 0.389 e. The quantitative estimate of drug-likeness (QED) is 0.789. The first-order valence-electron chi connectivity index (χ1n) is 7.50. The predicted octanol–water partition coefficient (Wildman–Crippen LogP) is 2.14. The lowest BCUT2D eigenvalue weighted by molar-refractivity contribution is -0.0613. The Morgan fingerprint density at radius 2 is 2.24 bits per heavy atom. The Bertz CT molecular complexity index is 674. The molecular formula is C14H18ClN5O. The zero-order valence-corrected chi connectivity index (χ0v) is 12.5. The van der Waals surface area contributed by atoms with Crippen molar-refractivity contribution in [2.45, 2.75) is 37.7 Å². The highest BCUT2D eigenvalue weighted by Gasteiger charge is 2.43. The third-order valence-electron chi connectivity index (χ3n) is 4.99. The molecule has 6 nitrogen and oxygen atoms in total. The van der Waals surface area contributed by atoms with Crippen molar-refractivity contribution in [3.63, 3.8) is 0 Å². The maximum absolute atomic E-state index is 10.8. The number of aliphatic hydroxyl groups is 1. The number of aromatic nitrogens is 4. The zero-order chi connectivity index (χ0) is 14.4. The molecule has 1 saturated heterocycles. The monoisotopic (exact) mass is 307 g/mol. The van der Waals surface area contributed by atoms with E-state index in [0.717, 1.165) is 50.0 Å². The number of anilines is 1. The summed E-state index contributed by atoms with van der Waals surface area (Å²) in [6.45, 7) is 1.62. The van der Waals surface area contributed by atoms with E-state index in [0.29, 0.717) is 11.6 Å². The molecule has 0 radical (unpaired) electrons. The van der Waals surface area contributed by atoms with E-state index in [2.05, 4.69) is 25.1 Å². The van der Waals surface area contributed by atoms with E-state index >= 15 is 0 Å². The molecule has 2 atom stereocenters. The fraction of sp³-hybridized carbons (Fsp3) is 0.643. The van der Waals surface area contributed by atoms with Crippen LogP contribution in [-0.2, 0) is 0 Å². The molecule has 0 bridgehead atoms. The van der Waals surface area contributed by atoms with Crippen LogP contribution in [0.25, 0.3) is 11.0 Å². The molecule has 1 saturated carbocycles. The van der Waals surface area contributed by atoms with Crippen LogP contribution in [0.5, 0.6) is 0 Å². The molecule has 1 aliphatic heterocycles. The number of hydrogen-bond acceptors (Lipinski definition) is 5. The standard InChI is InChI=1S/C14H18ClN5O/c15-13-17-11-10(7-16-19-11)12(18-13)20-6-5-14(21)4-2-1-3-9(14)8-20/h7,9,21H,1-6,8H2,(H,16,17,18,19). The van der Waals surface area contributed by atoms with Crippen molar-refractivity contribution in [2.75, 3.05) is 18.0 Å². The summed E-state index contributed by atoms with van der Waals surface area (Å²) >= 11 is 6.02. The Labute approximate surface area is 127 Å². The molecule has 0 amide bonds. The number of H-pyrrole nitrogens is 1. The van der Waals surface area contributed by atoms with Crippen LogP contribution in [0, 0.1) is 5.92 Å². The average Bonchev–Trinajstić information content (AvgIpc) is 2.93. The summed E-state index contributed by atoms with van der Waals surface area (Å²) in [5, 5.41) is 18.8. The summed E-state index contributed by atoms with van der Waals surface area (Å²) in [6.07, 6.45) is 6.88. The number of hydrogen-bond donors (Lipinski definition) is 2. The first-order valence-corrected chi connectivity index (χ1v) is 7.87. The van der Waals surface area contributed by atoms with Crippen LogP contribution in [0.4, 0.5) is 5.82 Å². The maximum atomic E-state index is 10.8. The molecule has 0 spiro atoms. The predicted molar refractivity (Wildman–Crippen MR) is 80.4 cm³/mol. The maximum Gasteiger partial charge on any atom is 0.226 e. The van der Waals surface area contributed by atoms with Crippen LogP contribution in [0.2, 0.25) is 5.28 Å². The molecule has 3 heterocycles. The van der Waals surface area contributed by atoms with Crippen molar-refractivity contribution < 1.29 is 5.11 Å². The molecule has 1 aliphatic carbocycles. The fourth-order valence-corrected chi connectivity index (χ4v) is 3.96. The number of halogens is 1. The van der Waals surface area contributed by atoms with E-state index < -0.39 is 5.60 Å². The van der Waals surface area contributed by atoms with E-state index in [9.17, 15) is 5.11 Å². The zero-order valence-electron chi connectivity index (χ0n) is 11.7. The van der Waals surface area contributed by atoms with E-state index in [1.54, 1.807) is 6.20 Å². The fourth-order valence-electron chi connectivity index (χ4n) is 3.80. The Hall–Kier alpha value is -1.40. The summed E-state index contributed by atoms with van der Waals surface area (Å²) in [5.41, 5.74) is 0.177. The smallest absolute Gasteiger partial charge is 0.226 e. The molecule has 0 aromatic carbocycles.